The summed E-state index contributed by atoms with van der Waals surface area (Å²) in [6, 6.07) is 13.2. The summed E-state index contributed by atoms with van der Waals surface area (Å²) in [6.07, 6.45) is -0.713. The predicted octanol–water partition coefficient (Wildman–Crippen LogP) is 3.33. The summed E-state index contributed by atoms with van der Waals surface area (Å²) in [5, 5.41) is 9.23. The number of H-pyrrole nitrogens is 1. The van der Waals surface area contributed by atoms with Gasteiger partial charge in [-0.1, -0.05) is 12.1 Å². The third-order valence-corrected chi connectivity index (χ3v) is 3.51. The number of nitrogens with zero attached hydrogens (tertiary/aromatic N) is 2. The molecule has 0 aliphatic rings. The summed E-state index contributed by atoms with van der Waals surface area (Å²) < 4.78 is 18.6. The van der Waals surface area contributed by atoms with Crippen molar-refractivity contribution in [1.29, 1.82) is 0 Å². The zero-order chi connectivity index (χ0) is 17.8. The van der Waals surface area contributed by atoms with Crippen LogP contribution in [-0.2, 0) is 4.79 Å². The van der Waals surface area contributed by atoms with E-state index in [4.69, 9.17) is 4.74 Å². The van der Waals surface area contributed by atoms with E-state index >= 15 is 0 Å². The molecular weight excluding hydrogens is 323 g/mol. The molecule has 2 aromatic carbocycles. The lowest BCUT2D eigenvalue weighted by Gasteiger charge is -2.13. The summed E-state index contributed by atoms with van der Waals surface area (Å²) in [7, 11) is 0. The highest BCUT2D eigenvalue weighted by atomic mass is 19.1. The monoisotopic (exact) mass is 340 g/mol. The van der Waals surface area contributed by atoms with Gasteiger partial charge in [-0.05, 0) is 55.8 Å². The molecule has 0 saturated heterocycles. The van der Waals surface area contributed by atoms with Gasteiger partial charge in [-0.2, -0.15) is 4.98 Å². The Labute approximate surface area is 144 Å². The van der Waals surface area contributed by atoms with Crippen LogP contribution in [0.25, 0.3) is 11.4 Å². The van der Waals surface area contributed by atoms with Crippen LogP contribution >= 0.6 is 0 Å². The third-order valence-electron chi connectivity index (χ3n) is 3.51. The van der Waals surface area contributed by atoms with E-state index in [0.717, 1.165) is 5.56 Å². The van der Waals surface area contributed by atoms with Crippen LogP contribution in [0.4, 0.5) is 10.3 Å². The lowest BCUT2D eigenvalue weighted by atomic mass is 10.2. The quantitative estimate of drug-likeness (QED) is 0.747. The maximum absolute atomic E-state index is 13.0. The molecule has 2 N–H and O–H groups in total. The molecule has 6 nitrogen and oxygen atoms in total. The molecule has 1 atom stereocenters. The first-order valence-corrected chi connectivity index (χ1v) is 7.74. The maximum atomic E-state index is 13.0. The zero-order valence-corrected chi connectivity index (χ0v) is 13.8. The predicted molar refractivity (Wildman–Crippen MR) is 91.7 cm³/mol. The van der Waals surface area contributed by atoms with Crippen molar-refractivity contribution in [3.05, 3.63) is 59.9 Å². The summed E-state index contributed by atoms with van der Waals surface area (Å²) in [5.74, 6) is 0.473. The number of aromatic nitrogens is 3. The zero-order valence-electron chi connectivity index (χ0n) is 13.8. The van der Waals surface area contributed by atoms with Gasteiger partial charge in [-0.25, -0.2) is 4.39 Å². The Bertz CT molecular complexity index is 877. The average Bonchev–Trinajstić information content (AvgIpc) is 3.04. The first kappa shape index (κ1) is 16.6. The number of hydrogen-bond donors (Lipinski definition) is 2. The van der Waals surface area contributed by atoms with Gasteiger partial charge in [0, 0.05) is 5.56 Å². The molecule has 128 valence electrons. The second-order valence-electron chi connectivity index (χ2n) is 5.58. The van der Waals surface area contributed by atoms with Crippen molar-refractivity contribution in [2.45, 2.75) is 20.0 Å². The molecular formula is C18H17FN4O2. The first-order valence-electron chi connectivity index (χ1n) is 7.74. The first-order chi connectivity index (χ1) is 12.0. The molecule has 1 aromatic heterocycles. The second kappa shape index (κ2) is 7.12. The molecule has 0 unspecified atom stereocenters. The standard InChI is InChI=1S/C18H17FN4O2/c1-11-4-3-5-15(10-11)25-12(2)17(24)21-18-20-16(22-23-18)13-6-8-14(19)9-7-13/h3-10,12H,1-2H3,(H2,20,21,22,23,24)/t12-/m1/s1. The molecule has 1 amide bonds. The number of rotatable bonds is 5. The van der Waals surface area contributed by atoms with Crippen LogP contribution in [0.1, 0.15) is 12.5 Å². The number of amides is 1. The van der Waals surface area contributed by atoms with Crippen molar-refractivity contribution in [2.24, 2.45) is 0 Å². The largest absolute Gasteiger partial charge is 0.481 e. The molecule has 0 bridgehead atoms. The smallest absolute Gasteiger partial charge is 0.267 e. The summed E-state index contributed by atoms with van der Waals surface area (Å²) in [4.78, 5) is 16.4. The molecule has 0 aliphatic carbocycles. The van der Waals surface area contributed by atoms with Crippen molar-refractivity contribution >= 4 is 11.9 Å². The summed E-state index contributed by atoms with van der Waals surface area (Å²) >= 11 is 0. The Balaban J connectivity index is 1.64. The lowest BCUT2D eigenvalue weighted by Crippen LogP contribution is -2.30. The van der Waals surface area contributed by atoms with E-state index in [1.807, 2.05) is 25.1 Å². The van der Waals surface area contributed by atoms with Crippen molar-refractivity contribution in [3.8, 4) is 17.1 Å². The highest BCUT2D eigenvalue weighted by Crippen LogP contribution is 2.17. The number of anilines is 1. The van der Waals surface area contributed by atoms with Gasteiger partial charge in [-0.3, -0.25) is 15.2 Å². The van der Waals surface area contributed by atoms with Gasteiger partial charge >= 0.3 is 0 Å². The number of hydrogen-bond acceptors (Lipinski definition) is 4. The van der Waals surface area contributed by atoms with Crippen molar-refractivity contribution in [3.63, 3.8) is 0 Å². The van der Waals surface area contributed by atoms with Crippen LogP contribution < -0.4 is 10.1 Å². The normalized spacial score (nSPS) is 11.8. The van der Waals surface area contributed by atoms with Crippen molar-refractivity contribution < 1.29 is 13.9 Å². The number of benzene rings is 2. The molecule has 0 aliphatic heterocycles. The van der Waals surface area contributed by atoms with Gasteiger partial charge < -0.3 is 4.74 Å². The van der Waals surface area contributed by atoms with E-state index in [-0.39, 0.29) is 17.7 Å². The molecule has 25 heavy (non-hydrogen) atoms. The summed E-state index contributed by atoms with van der Waals surface area (Å²) in [6.45, 7) is 3.59. The molecule has 1 heterocycles. The van der Waals surface area contributed by atoms with Crippen LogP contribution in [-0.4, -0.2) is 27.2 Å². The van der Waals surface area contributed by atoms with E-state index in [1.165, 1.54) is 12.1 Å². The molecule has 3 rings (SSSR count). The number of nitrogens with one attached hydrogen (secondary N) is 2. The maximum Gasteiger partial charge on any atom is 0.267 e. The molecule has 0 fully saturated rings. The SMILES string of the molecule is Cc1cccc(O[C@H](C)C(=O)Nc2n[nH]c(-c3ccc(F)cc3)n2)c1. The number of carbonyl (C=O) groups is 1. The molecule has 3 aromatic rings. The minimum Gasteiger partial charge on any atom is -0.481 e. The van der Waals surface area contributed by atoms with Gasteiger partial charge in [0.1, 0.15) is 11.6 Å². The Morgan fingerprint density at radius 2 is 2.00 bits per heavy atom. The van der Waals surface area contributed by atoms with Crippen LogP contribution in [0.15, 0.2) is 48.5 Å². The minimum absolute atomic E-state index is 0.129. The number of ether oxygens (including phenoxy) is 1. The van der Waals surface area contributed by atoms with Crippen LogP contribution in [0.2, 0.25) is 0 Å². The van der Waals surface area contributed by atoms with Crippen LogP contribution in [0.3, 0.4) is 0 Å². The highest BCUT2D eigenvalue weighted by Gasteiger charge is 2.17. The van der Waals surface area contributed by atoms with Gasteiger partial charge in [0.2, 0.25) is 5.95 Å². The van der Waals surface area contributed by atoms with Crippen molar-refractivity contribution in [2.75, 3.05) is 5.32 Å². The highest BCUT2D eigenvalue weighted by molar-refractivity contribution is 5.92. The fourth-order valence-electron chi connectivity index (χ4n) is 2.21. The number of carbonyl (C=O) groups excluding carboxylic acids is 1. The Morgan fingerprint density at radius 1 is 1.24 bits per heavy atom. The number of aryl methyl sites for hydroxylation is 1. The van der Waals surface area contributed by atoms with Crippen molar-refractivity contribution in [1.82, 2.24) is 15.2 Å². The van der Waals surface area contributed by atoms with Gasteiger partial charge in [0.05, 0.1) is 0 Å². The third kappa shape index (κ3) is 4.20. The minimum atomic E-state index is -0.713. The van der Waals surface area contributed by atoms with E-state index in [0.29, 0.717) is 17.1 Å². The average molecular weight is 340 g/mol. The van der Waals surface area contributed by atoms with E-state index in [1.54, 1.807) is 25.1 Å². The van der Waals surface area contributed by atoms with Gasteiger partial charge in [-0.15, -0.1) is 5.10 Å². The number of halogens is 1. The van der Waals surface area contributed by atoms with Crippen LogP contribution in [0.5, 0.6) is 5.75 Å². The Morgan fingerprint density at radius 3 is 2.72 bits per heavy atom. The fourth-order valence-corrected chi connectivity index (χ4v) is 2.21. The fraction of sp³-hybridized carbons (Fsp3) is 0.167. The van der Waals surface area contributed by atoms with Gasteiger partial charge in [0.25, 0.3) is 5.91 Å². The lowest BCUT2D eigenvalue weighted by molar-refractivity contribution is -0.122. The topological polar surface area (TPSA) is 79.9 Å². The molecule has 0 radical (unpaired) electrons. The van der Waals surface area contributed by atoms with E-state index in [2.05, 4.69) is 20.5 Å². The second-order valence-corrected chi connectivity index (χ2v) is 5.58. The van der Waals surface area contributed by atoms with Gasteiger partial charge in [0.15, 0.2) is 11.9 Å². The molecule has 0 spiro atoms. The Kier molecular flexibility index (Phi) is 4.74. The van der Waals surface area contributed by atoms with E-state index in [9.17, 15) is 9.18 Å². The Hall–Kier alpha value is -3.22. The summed E-state index contributed by atoms with van der Waals surface area (Å²) in [5.41, 5.74) is 1.71. The molecule has 7 heteroatoms. The van der Waals surface area contributed by atoms with E-state index < -0.39 is 6.10 Å². The number of aromatic amines is 1. The molecule has 0 saturated carbocycles. The van der Waals surface area contributed by atoms with Crippen LogP contribution in [0, 0.1) is 12.7 Å².